The van der Waals surface area contributed by atoms with Crippen molar-refractivity contribution in [3.05, 3.63) is 29.3 Å². The Morgan fingerprint density at radius 3 is 2.18 bits per heavy atom. The second kappa shape index (κ2) is 5.72. The monoisotopic (exact) mass is 230 g/mol. The van der Waals surface area contributed by atoms with Crippen LogP contribution in [0.5, 0.6) is 0 Å². The molecule has 0 atom stereocenters. The van der Waals surface area contributed by atoms with Gasteiger partial charge in [-0.05, 0) is 49.9 Å². The fraction of sp³-hybridized carbons (Fsp3) is 0.533. The van der Waals surface area contributed by atoms with E-state index in [9.17, 15) is 0 Å². The second-order valence-electron chi connectivity index (χ2n) is 4.61. The van der Waals surface area contributed by atoms with Gasteiger partial charge in [-0.3, -0.25) is 0 Å². The normalized spacial score (nSPS) is 11.0. The lowest BCUT2D eigenvalue weighted by atomic mass is 9.89. The topological polar surface area (TPSA) is 35.8 Å². The van der Waals surface area contributed by atoms with Gasteiger partial charge in [0.1, 0.15) is 0 Å². The molecule has 0 radical (unpaired) electrons. The first-order chi connectivity index (χ1) is 8.10. The third-order valence-corrected chi connectivity index (χ3v) is 3.79. The molecule has 0 aliphatic heterocycles. The molecule has 1 aromatic rings. The van der Waals surface area contributed by atoms with Crippen LogP contribution in [0.3, 0.4) is 0 Å². The highest BCUT2D eigenvalue weighted by Crippen LogP contribution is 2.26. The number of anilines is 1. The molecule has 0 aromatic heterocycles. The second-order valence-corrected chi connectivity index (χ2v) is 4.61. The highest BCUT2D eigenvalue weighted by atomic mass is 15.0. The molecule has 0 spiro atoms. The van der Waals surface area contributed by atoms with Gasteiger partial charge in [-0.2, -0.15) is 5.26 Å². The van der Waals surface area contributed by atoms with Crippen LogP contribution in [0.15, 0.2) is 18.2 Å². The van der Waals surface area contributed by atoms with E-state index < -0.39 is 0 Å². The summed E-state index contributed by atoms with van der Waals surface area (Å²) in [4.78, 5) is 0. The van der Waals surface area contributed by atoms with Crippen LogP contribution in [0.2, 0.25) is 0 Å². The summed E-state index contributed by atoms with van der Waals surface area (Å²) in [6, 6.07) is 8.16. The third-order valence-electron chi connectivity index (χ3n) is 3.79. The molecule has 2 nitrogen and oxygen atoms in total. The predicted molar refractivity (Wildman–Crippen MR) is 73.1 cm³/mol. The Labute approximate surface area is 105 Å². The van der Waals surface area contributed by atoms with Gasteiger partial charge in [0.15, 0.2) is 0 Å². The highest BCUT2D eigenvalue weighted by Gasteiger charge is 2.23. The van der Waals surface area contributed by atoms with Crippen LogP contribution in [-0.2, 0) is 0 Å². The molecule has 2 heteroatoms. The van der Waals surface area contributed by atoms with Gasteiger partial charge in [0.05, 0.1) is 11.6 Å². The van der Waals surface area contributed by atoms with Crippen LogP contribution in [0.4, 0.5) is 5.69 Å². The van der Waals surface area contributed by atoms with E-state index in [-0.39, 0.29) is 5.54 Å². The molecular formula is C15H22N2. The van der Waals surface area contributed by atoms with Crippen molar-refractivity contribution in [3.8, 4) is 6.07 Å². The Balaban J connectivity index is 2.95. The molecule has 0 heterocycles. The van der Waals surface area contributed by atoms with Gasteiger partial charge in [0, 0.05) is 11.2 Å². The van der Waals surface area contributed by atoms with Crippen molar-refractivity contribution in [2.24, 2.45) is 0 Å². The largest absolute Gasteiger partial charge is 0.380 e. The molecule has 0 bridgehead atoms. The average Bonchev–Trinajstić information content (AvgIpc) is 2.36. The summed E-state index contributed by atoms with van der Waals surface area (Å²) < 4.78 is 0. The van der Waals surface area contributed by atoms with Crippen molar-refractivity contribution in [2.75, 3.05) is 5.32 Å². The lowest BCUT2D eigenvalue weighted by Gasteiger charge is -2.33. The molecular weight excluding hydrogens is 208 g/mol. The molecule has 1 rings (SSSR count). The van der Waals surface area contributed by atoms with Crippen molar-refractivity contribution in [2.45, 2.75) is 52.5 Å². The quantitative estimate of drug-likeness (QED) is 0.821. The van der Waals surface area contributed by atoms with E-state index in [1.165, 1.54) is 0 Å². The summed E-state index contributed by atoms with van der Waals surface area (Å²) in [7, 11) is 0. The fourth-order valence-electron chi connectivity index (χ4n) is 2.19. The first kappa shape index (κ1) is 13.6. The molecule has 0 fully saturated rings. The van der Waals surface area contributed by atoms with Crippen LogP contribution in [0, 0.1) is 18.3 Å². The molecule has 92 valence electrons. The van der Waals surface area contributed by atoms with Crippen LogP contribution >= 0.6 is 0 Å². The van der Waals surface area contributed by atoms with E-state index in [2.05, 4.69) is 38.2 Å². The van der Waals surface area contributed by atoms with Gasteiger partial charge in [-0.1, -0.05) is 20.8 Å². The first-order valence-electron chi connectivity index (χ1n) is 6.39. The summed E-state index contributed by atoms with van der Waals surface area (Å²) in [5.41, 5.74) is 3.09. The molecule has 17 heavy (non-hydrogen) atoms. The summed E-state index contributed by atoms with van der Waals surface area (Å²) >= 11 is 0. The lowest BCUT2D eigenvalue weighted by molar-refractivity contribution is 0.420. The minimum absolute atomic E-state index is 0.181. The Morgan fingerprint density at radius 1 is 1.18 bits per heavy atom. The summed E-state index contributed by atoms with van der Waals surface area (Å²) in [6.07, 6.45) is 3.33. The predicted octanol–water partition coefficient (Wildman–Crippen LogP) is 4.25. The number of nitriles is 1. The summed E-state index contributed by atoms with van der Waals surface area (Å²) in [5, 5.41) is 12.5. The van der Waals surface area contributed by atoms with Gasteiger partial charge in [0.25, 0.3) is 0 Å². The van der Waals surface area contributed by atoms with Crippen LogP contribution in [0.25, 0.3) is 0 Å². The smallest absolute Gasteiger partial charge is 0.0994 e. The summed E-state index contributed by atoms with van der Waals surface area (Å²) in [5.74, 6) is 0. The van der Waals surface area contributed by atoms with E-state index in [1.54, 1.807) is 0 Å². The van der Waals surface area contributed by atoms with Crippen molar-refractivity contribution < 1.29 is 0 Å². The SMILES string of the molecule is CCC(CC)(CC)Nc1ccc(C#N)c(C)c1. The van der Waals surface area contributed by atoms with Crippen molar-refractivity contribution in [1.29, 1.82) is 5.26 Å². The number of benzene rings is 1. The molecule has 0 unspecified atom stereocenters. The Kier molecular flexibility index (Phi) is 4.57. The molecule has 1 N–H and O–H groups in total. The molecule has 0 aliphatic rings. The Hall–Kier alpha value is -1.49. The number of nitrogens with one attached hydrogen (secondary N) is 1. The number of hydrogen-bond donors (Lipinski definition) is 1. The van der Waals surface area contributed by atoms with Gasteiger partial charge in [0.2, 0.25) is 0 Å². The van der Waals surface area contributed by atoms with Crippen molar-refractivity contribution in [3.63, 3.8) is 0 Å². The van der Waals surface area contributed by atoms with Crippen molar-refractivity contribution >= 4 is 5.69 Å². The number of rotatable bonds is 5. The number of aryl methyl sites for hydroxylation is 1. The van der Waals surface area contributed by atoms with Crippen molar-refractivity contribution in [1.82, 2.24) is 0 Å². The molecule has 0 aliphatic carbocycles. The zero-order valence-electron chi connectivity index (χ0n) is 11.3. The molecule has 0 saturated heterocycles. The highest BCUT2D eigenvalue weighted by molar-refractivity contribution is 5.53. The molecule has 1 aromatic carbocycles. The van der Waals surface area contributed by atoms with E-state index in [4.69, 9.17) is 5.26 Å². The molecule has 0 saturated carbocycles. The number of hydrogen-bond acceptors (Lipinski definition) is 2. The van der Waals surface area contributed by atoms with Gasteiger partial charge >= 0.3 is 0 Å². The van der Waals surface area contributed by atoms with E-state index in [0.29, 0.717) is 0 Å². The Bertz CT molecular complexity index is 403. The number of nitrogens with zero attached hydrogens (tertiary/aromatic N) is 1. The van der Waals surface area contributed by atoms with E-state index >= 15 is 0 Å². The van der Waals surface area contributed by atoms with Crippen LogP contribution in [0.1, 0.15) is 51.2 Å². The third kappa shape index (κ3) is 3.00. The van der Waals surface area contributed by atoms with Gasteiger partial charge in [-0.25, -0.2) is 0 Å². The van der Waals surface area contributed by atoms with Gasteiger partial charge < -0.3 is 5.32 Å². The zero-order valence-corrected chi connectivity index (χ0v) is 11.3. The van der Waals surface area contributed by atoms with Crippen LogP contribution < -0.4 is 5.32 Å². The standard InChI is InChI=1S/C15H22N2/c1-5-15(6-2,7-3)17-14-9-8-13(11-16)12(4)10-14/h8-10,17H,5-7H2,1-4H3. The van der Waals surface area contributed by atoms with E-state index in [0.717, 1.165) is 36.1 Å². The van der Waals surface area contributed by atoms with Crippen LogP contribution in [-0.4, -0.2) is 5.54 Å². The minimum atomic E-state index is 0.181. The lowest BCUT2D eigenvalue weighted by Crippen LogP contribution is -2.36. The Morgan fingerprint density at radius 2 is 1.76 bits per heavy atom. The summed E-state index contributed by atoms with van der Waals surface area (Å²) in [6.45, 7) is 8.64. The van der Waals surface area contributed by atoms with Gasteiger partial charge in [-0.15, -0.1) is 0 Å². The maximum Gasteiger partial charge on any atom is 0.0994 e. The van der Waals surface area contributed by atoms with E-state index in [1.807, 2.05) is 19.1 Å². The molecule has 0 amide bonds. The maximum absolute atomic E-state index is 8.91. The minimum Gasteiger partial charge on any atom is -0.380 e. The average molecular weight is 230 g/mol. The maximum atomic E-state index is 8.91. The zero-order chi connectivity index (χ0) is 12.9. The fourth-order valence-corrected chi connectivity index (χ4v) is 2.19. The first-order valence-corrected chi connectivity index (χ1v) is 6.39.